The van der Waals surface area contributed by atoms with Crippen molar-refractivity contribution >= 4 is 72.2 Å². The molecule has 0 atom stereocenters. The number of rotatable bonds is 10. The van der Waals surface area contributed by atoms with Gasteiger partial charge >= 0.3 is 0 Å². The van der Waals surface area contributed by atoms with Gasteiger partial charge in [0.2, 0.25) is 5.16 Å². The predicted molar refractivity (Wildman–Crippen MR) is 155 cm³/mol. The zero-order chi connectivity index (χ0) is 29.1. The fourth-order valence-corrected chi connectivity index (χ4v) is 6.85. The van der Waals surface area contributed by atoms with Crippen LogP contribution in [0.3, 0.4) is 0 Å². The summed E-state index contributed by atoms with van der Waals surface area (Å²) in [6.45, 7) is 5.17. The molecular formula is C23H22Cl2N8O4S3. The molecule has 2 N–H and O–H groups in total. The molecule has 2 aromatic heterocycles. The van der Waals surface area contributed by atoms with E-state index >= 15 is 0 Å². The van der Waals surface area contributed by atoms with E-state index in [2.05, 4.69) is 34.9 Å². The Morgan fingerprint density at radius 3 is 2.02 bits per heavy atom. The van der Waals surface area contributed by atoms with Crippen molar-refractivity contribution in [1.29, 1.82) is 0 Å². The normalized spacial score (nSPS) is 13.0. The number of nitrogens with zero attached hydrogens (tertiary/aromatic N) is 6. The topological polar surface area (TPSA) is 160 Å². The second kappa shape index (κ2) is 12.1. The van der Waals surface area contributed by atoms with Crippen LogP contribution in [0.4, 0.5) is 0 Å². The molecule has 0 aliphatic carbocycles. The standard InChI is InChI=1S/C23H22Cl2N8O4S3/c1-14-12-15(2)33-22(26-14)27-23(30-33)38-13-19(29-32-40(36,37)21-11-7-5-9-18(21)25)16(3)28-31-39(34,35)20-10-6-4-8-17(20)24/h4-12,31-32H,13H2,1-3H3/b28-16-,29-19+. The minimum Gasteiger partial charge on any atom is -0.216 e. The third-order valence-corrected chi connectivity index (χ3v) is 9.51. The van der Waals surface area contributed by atoms with Crippen LogP contribution in [0, 0.1) is 13.8 Å². The van der Waals surface area contributed by atoms with E-state index in [0.29, 0.717) is 10.9 Å². The van der Waals surface area contributed by atoms with Crippen LogP contribution in [0.1, 0.15) is 18.3 Å². The maximum absolute atomic E-state index is 12.9. The number of fused-ring (bicyclic) bond motifs is 1. The van der Waals surface area contributed by atoms with Crippen molar-refractivity contribution in [3.8, 4) is 0 Å². The molecule has 2 heterocycles. The van der Waals surface area contributed by atoms with Gasteiger partial charge in [-0.3, -0.25) is 0 Å². The number of aromatic nitrogens is 4. The third kappa shape index (κ3) is 6.90. The van der Waals surface area contributed by atoms with Gasteiger partial charge in [0.1, 0.15) is 9.79 Å². The van der Waals surface area contributed by atoms with Crippen LogP contribution < -0.4 is 9.66 Å². The van der Waals surface area contributed by atoms with Crippen LogP contribution in [0.15, 0.2) is 79.7 Å². The summed E-state index contributed by atoms with van der Waals surface area (Å²) in [6, 6.07) is 13.6. The molecule has 0 saturated carbocycles. The van der Waals surface area contributed by atoms with Crippen molar-refractivity contribution in [2.75, 3.05) is 5.75 Å². The molecule has 2 aromatic carbocycles. The Morgan fingerprint density at radius 2 is 1.45 bits per heavy atom. The number of thioether (sulfide) groups is 1. The summed E-state index contributed by atoms with van der Waals surface area (Å²) in [5.74, 6) is 0.416. The first-order chi connectivity index (χ1) is 18.9. The molecule has 0 bridgehead atoms. The molecule has 0 aliphatic heterocycles. The number of nitrogens with one attached hydrogen (secondary N) is 2. The monoisotopic (exact) mass is 640 g/mol. The molecule has 40 heavy (non-hydrogen) atoms. The second-order valence-corrected chi connectivity index (χ2v) is 13.3. The van der Waals surface area contributed by atoms with Crippen molar-refractivity contribution in [1.82, 2.24) is 29.2 Å². The van der Waals surface area contributed by atoms with E-state index in [1.807, 2.05) is 19.9 Å². The van der Waals surface area contributed by atoms with E-state index in [1.54, 1.807) is 16.6 Å². The molecule has 4 aromatic rings. The zero-order valence-electron chi connectivity index (χ0n) is 21.2. The van der Waals surface area contributed by atoms with Crippen LogP contribution in [0.25, 0.3) is 5.78 Å². The van der Waals surface area contributed by atoms with Gasteiger partial charge in [-0.1, -0.05) is 59.2 Å². The van der Waals surface area contributed by atoms with Crippen LogP contribution in [-0.4, -0.2) is 53.6 Å². The van der Waals surface area contributed by atoms with E-state index < -0.39 is 20.0 Å². The van der Waals surface area contributed by atoms with E-state index in [9.17, 15) is 16.8 Å². The Morgan fingerprint density at radius 1 is 0.900 bits per heavy atom. The fraction of sp³-hybridized carbons (Fsp3) is 0.174. The van der Waals surface area contributed by atoms with Gasteiger partial charge in [-0.2, -0.15) is 41.7 Å². The number of sulfonamides is 2. The van der Waals surface area contributed by atoms with Crippen molar-refractivity contribution in [3.05, 3.63) is 76.0 Å². The lowest BCUT2D eigenvalue weighted by atomic mass is 10.3. The van der Waals surface area contributed by atoms with Crippen molar-refractivity contribution < 1.29 is 16.8 Å². The number of hydrazone groups is 2. The lowest BCUT2D eigenvalue weighted by Crippen LogP contribution is -2.27. The van der Waals surface area contributed by atoms with E-state index in [4.69, 9.17) is 23.2 Å². The summed E-state index contributed by atoms with van der Waals surface area (Å²) in [5.41, 5.74) is 1.76. The molecule has 0 unspecified atom stereocenters. The van der Waals surface area contributed by atoms with Gasteiger partial charge in [0.25, 0.3) is 25.8 Å². The number of hydrogen-bond donors (Lipinski definition) is 2. The Kier molecular flexibility index (Phi) is 8.99. The minimum atomic E-state index is -4.16. The summed E-state index contributed by atoms with van der Waals surface area (Å²) in [5, 5.41) is 12.7. The van der Waals surface area contributed by atoms with E-state index in [0.717, 1.165) is 23.1 Å². The Balaban J connectivity index is 1.63. The van der Waals surface area contributed by atoms with Crippen LogP contribution in [-0.2, 0) is 20.0 Å². The largest absolute Gasteiger partial charge is 0.278 e. The highest BCUT2D eigenvalue weighted by Gasteiger charge is 2.20. The van der Waals surface area contributed by atoms with Gasteiger partial charge in [0.05, 0.1) is 21.5 Å². The smallest absolute Gasteiger partial charge is 0.216 e. The average Bonchev–Trinajstić information content (AvgIpc) is 3.31. The summed E-state index contributed by atoms with van der Waals surface area (Å²) < 4.78 is 52.8. The van der Waals surface area contributed by atoms with Gasteiger partial charge < -0.3 is 0 Å². The molecule has 210 valence electrons. The molecule has 4 rings (SSSR count). The van der Waals surface area contributed by atoms with E-state index in [1.165, 1.54) is 43.3 Å². The SMILES string of the molecule is CC(=N/NS(=O)(=O)c1ccccc1Cl)/C(CSc1nc2nc(C)cc(C)n2n1)=N/NS(=O)(=O)c1ccccc1Cl. The molecule has 0 aliphatic rings. The van der Waals surface area contributed by atoms with Crippen LogP contribution in [0.2, 0.25) is 10.0 Å². The van der Waals surface area contributed by atoms with Gasteiger partial charge in [-0.15, -0.1) is 5.10 Å². The second-order valence-electron chi connectivity index (χ2n) is 8.24. The summed E-state index contributed by atoms with van der Waals surface area (Å²) in [7, 11) is -8.29. The number of aryl methyl sites for hydroxylation is 2. The molecule has 0 fully saturated rings. The minimum absolute atomic E-state index is 0.00563. The maximum Gasteiger partial charge on any atom is 0.278 e. The quantitative estimate of drug-likeness (QED) is 0.150. The molecule has 0 spiro atoms. The number of hydrogen-bond acceptors (Lipinski definition) is 10. The Bertz CT molecular complexity index is 1860. The number of halogens is 2. The fourth-order valence-electron chi connectivity index (χ4n) is 3.29. The predicted octanol–water partition coefficient (Wildman–Crippen LogP) is 3.83. The molecule has 0 radical (unpaired) electrons. The highest BCUT2D eigenvalue weighted by atomic mass is 35.5. The highest BCUT2D eigenvalue weighted by Crippen LogP contribution is 2.22. The van der Waals surface area contributed by atoms with Gasteiger partial charge in [-0.05, 0) is 51.1 Å². The van der Waals surface area contributed by atoms with Gasteiger partial charge in [-0.25, -0.2) is 9.50 Å². The average molecular weight is 642 g/mol. The highest BCUT2D eigenvalue weighted by molar-refractivity contribution is 8.00. The molecule has 0 saturated heterocycles. The lowest BCUT2D eigenvalue weighted by Gasteiger charge is -2.10. The van der Waals surface area contributed by atoms with Gasteiger partial charge in [0.15, 0.2) is 0 Å². The molecule has 12 nitrogen and oxygen atoms in total. The van der Waals surface area contributed by atoms with Crippen LogP contribution in [0.5, 0.6) is 0 Å². The molecular weight excluding hydrogens is 619 g/mol. The molecule has 0 amide bonds. The first kappa shape index (κ1) is 29.7. The Labute approximate surface area is 245 Å². The summed E-state index contributed by atoms with van der Waals surface area (Å²) >= 11 is 13.2. The van der Waals surface area contributed by atoms with Crippen molar-refractivity contribution in [2.45, 2.75) is 35.7 Å². The first-order valence-corrected chi connectivity index (χ1v) is 16.1. The third-order valence-electron chi connectivity index (χ3n) is 5.24. The summed E-state index contributed by atoms with van der Waals surface area (Å²) in [6.07, 6.45) is 0. The first-order valence-electron chi connectivity index (χ1n) is 11.3. The number of benzene rings is 2. The molecule has 17 heteroatoms. The van der Waals surface area contributed by atoms with E-state index in [-0.39, 0.29) is 37.0 Å². The van der Waals surface area contributed by atoms with Crippen molar-refractivity contribution in [2.24, 2.45) is 10.2 Å². The van der Waals surface area contributed by atoms with Gasteiger partial charge in [0, 0.05) is 17.1 Å². The maximum atomic E-state index is 12.9. The zero-order valence-corrected chi connectivity index (χ0v) is 25.2. The Hall–Kier alpha value is -3.24. The van der Waals surface area contributed by atoms with Crippen molar-refractivity contribution in [3.63, 3.8) is 0 Å². The lowest BCUT2D eigenvalue weighted by molar-refractivity contribution is 0.582. The van der Waals surface area contributed by atoms with Crippen LogP contribution >= 0.6 is 35.0 Å². The summed E-state index contributed by atoms with van der Waals surface area (Å²) in [4.78, 5) is 12.6.